The molecule has 0 aliphatic carbocycles. The van der Waals surface area contributed by atoms with Crippen molar-refractivity contribution >= 4 is 44.6 Å². The van der Waals surface area contributed by atoms with E-state index in [0.717, 1.165) is 27.0 Å². The van der Waals surface area contributed by atoms with Crippen LogP contribution in [0.2, 0.25) is 0 Å². The lowest BCUT2D eigenvalue weighted by molar-refractivity contribution is 0.592. The van der Waals surface area contributed by atoms with Crippen molar-refractivity contribution in [2.75, 3.05) is 0 Å². The molecule has 0 aliphatic heterocycles. The van der Waals surface area contributed by atoms with Crippen LogP contribution in [0.15, 0.2) is 188 Å². The van der Waals surface area contributed by atoms with Crippen molar-refractivity contribution in [3.05, 3.63) is 188 Å². The van der Waals surface area contributed by atoms with Gasteiger partial charge in [0, 0.05) is 15.9 Å². The summed E-state index contributed by atoms with van der Waals surface area (Å²) in [7, 11) is -2.99. The summed E-state index contributed by atoms with van der Waals surface area (Å²) < 4.78 is 14.7. The van der Waals surface area contributed by atoms with Gasteiger partial charge < -0.3 is 4.57 Å². The van der Waals surface area contributed by atoms with Crippen LogP contribution in [0.3, 0.4) is 0 Å². The van der Waals surface area contributed by atoms with Gasteiger partial charge in [0.05, 0.1) is 0 Å². The Hall–Kier alpha value is -5.49. The minimum Gasteiger partial charge on any atom is -0.309 e. The molecule has 8 rings (SSSR count). The number of hydrogen-bond acceptors (Lipinski definition) is 1. The van der Waals surface area contributed by atoms with E-state index in [1.165, 1.54) is 43.8 Å². The predicted octanol–water partition coefficient (Wildman–Crippen LogP) is 10.6. The third-order valence-corrected chi connectivity index (χ3v) is 12.0. The topological polar surface area (TPSA) is 17.1 Å². The fourth-order valence-electron chi connectivity index (χ4n) is 6.60. The molecule has 0 heterocycles. The van der Waals surface area contributed by atoms with Crippen molar-refractivity contribution in [2.24, 2.45) is 0 Å². The van der Waals surface area contributed by atoms with Crippen LogP contribution in [0, 0.1) is 0 Å². The fourth-order valence-corrected chi connectivity index (χ4v) is 9.24. The molecule has 0 spiro atoms. The summed E-state index contributed by atoms with van der Waals surface area (Å²) in [6, 6.07) is 65.1. The van der Waals surface area contributed by atoms with Crippen LogP contribution < -0.4 is 15.9 Å². The average molecular weight is 607 g/mol. The summed E-state index contributed by atoms with van der Waals surface area (Å²) in [4.78, 5) is 0. The van der Waals surface area contributed by atoms with Gasteiger partial charge in [0.1, 0.15) is 0 Å². The van der Waals surface area contributed by atoms with Gasteiger partial charge in [0.2, 0.25) is 0 Å². The monoisotopic (exact) mass is 606 g/mol. The molecule has 8 aromatic rings. The third-order valence-electron chi connectivity index (χ3n) is 8.97. The molecule has 0 atom stereocenters. The van der Waals surface area contributed by atoms with Gasteiger partial charge in [-0.2, -0.15) is 0 Å². The van der Waals surface area contributed by atoms with Gasteiger partial charge in [0.25, 0.3) is 0 Å². The Morgan fingerprint density at radius 2 is 0.630 bits per heavy atom. The van der Waals surface area contributed by atoms with Crippen LogP contribution in [0.25, 0.3) is 54.9 Å². The van der Waals surface area contributed by atoms with Crippen molar-refractivity contribution in [3.63, 3.8) is 0 Å². The quantitative estimate of drug-likeness (QED) is 0.136. The highest BCUT2D eigenvalue weighted by atomic mass is 31.2. The molecule has 0 fully saturated rings. The molecule has 0 amide bonds. The van der Waals surface area contributed by atoms with Crippen LogP contribution in [-0.4, -0.2) is 0 Å². The van der Waals surface area contributed by atoms with Crippen molar-refractivity contribution < 1.29 is 4.57 Å². The lowest BCUT2D eigenvalue weighted by Crippen LogP contribution is -2.24. The van der Waals surface area contributed by atoms with Gasteiger partial charge in [-0.05, 0) is 61.0 Å². The second-order valence-electron chi connectivity index (χ2n) is 11.7. The van der Waals surface area contributed by atoms with Crippen LogP contribution in [-0.2, 0) is 4.57 Å². The minimum absolute atomic E-state index is 0.837. The molecule has 0 radical (unpaired) electrons. The summed E-state index contributed by atoms with van der Waals surface area (Å²) in [5.74, 6) is 0. The first kappa shape index (κ1) is 28.0. The molecular weight excluding hydrogens is 575 g/mol. The van der Waals surface area contributed by atoms with Gasteiger partial charge in [-0.1, -0.05) is 182 Å². The molecule has 0 aromatic heterocycles. The molecule has 2 heteroatoms. The number of hydrogen-bond donors (Lipinski definition) is 0. The number of fused-ring (bicyclic) bond motifs is 2. The first-order valence-corrected chi connectivity index (χ1v) is 17.3. The van der Waals surface area contributed by atoms with E-state index in [4.69, 9.17) is 0 Å². The summed E-state index contributed by atoms with van der Waals surface area (Å²) in [6.07, 6.45) is 0. The average Bonchev–Trinajstić information content (AvgIpc) is 3.14. The van der Waals surface area contributed by atoms with Crippen LogP contribution >= 0.6 is 7.14 Å². The molecule has 0 aliphatic rings. The first-order chi connectivity index (χ1) is 22.7. The Morgan fingerprint density at radius 3 is 1.07 bits per heavy atom. The second-order valence-corrected chi connectivity index (χ2v) is 14.4. The van der Waals surface area contributed by atoms with E-state index < -0.39 is 7.14 Å². The SMILES string of the molecule is O=P(c1ccccc1)(c1ccccc1)c1ccc(-c2ccc(-c3ccc(-c4c5ccccc5cc5ccccc45)cc3)cc2)cc1. The standard InChI is InChI=1S/C44H31OP/c45-46(39-13-3-1-4-14-39,40-15-5-2-6-16-40)41-29-27-35(28-30-41)33-21-19-32(20-22-33)34-23-25-36(26-24-34)44-42-17-9-7-11-37(42)31-38-12-8-10-18-43(38)44/h1-31H. The van der Waals surface area contributed by atoms with Crippen LogP contribution in [0.5, 0.6) is 0 Å². The van der Waals surface area contributed by atoms with E-state index in [-0.39, 0.29) is 0 Å². The third kappa shape index (κ3) is 4.96. The van der Waals surface area contributed by atoms with Crippen molar-refractivity contribution in [3.8, 4) is 33.4 Å². The van der Waals surface area contributed by atoms with E-state index in [1.807, 2.05) is 72.8 Å². The van der Waals surface area contributed by atoms with Gasteiger partial charge in [-0.15, -0.1) is 0 Å². The number of rotatable bonds is 6. The molecule has 0 N–H and O–H groups in total. The van der Waals surface area contributed by atoms with Crippen molar-refractivity contribution in [1.29, 1.82) is 0 Å². The largest absolute Gasteiger partial charge is 0.309 e. The van der Waals surface area contributed by atoms with Gasteiger partial charge >= 0.3 is 0 Å². The molecule has 1 nitrogen and oxygen atoms in total. The molecule has 218 valence electrons. The summed E-state index contributed by atoms with van der Waals surface area (Å²) in [6.45, 7) is 0. The lowest BCUT2D eigenvalue weighted by Gasteiger charge is -2.20. The zero-order valence-corrected chi connectivity index (χ0v) is 26.1. The second kappa shape index (κ2) is 11.8. The fraction of sp³-hybridized carbons (Fsp3) is 0. The molecule has 0 bridgehead atoms. The van der Waals surface area contributed by atoms with E-state index in [2.05, 4.69) is 115 Å². The Labute approximate surface area is 269 Å². The molecule has 8 aromatic carbocycles. The highest BCUT2D eigenvalue weighted by Gasteiger charge is 2.29. The van der Waals surface area contributed by atoms with Crippen molar-refractivity contribution in [2.45, 2.75) is 0 Å². The maximum Gasteiger partial charge on any atom is 0.171 e. The lowest BCUT2D eigenvalue weighted by atomic mass is 9.91. The van der Waals surface area contributed by atoms with E-state index in [1.54, 1.807) is 0 Å². The number of benzene rings is 8. The zero-order valence-electron chi connectivity index (χ0n) is 25.3. The summed E-state index contributed by atoms with van der Waals surface area (Å²) in [5, 5.41) is 7.58. The van der Waals surface area contributed by atoms with Crippen LogP contribution in [0.4, 0.5) is 0 Å². The molecule has 0 saturated heterocycles. The smallest absolute Gasteiger partial charge is 0.171 e. The normalized spacial score (nSPS) is 11.6. The first-order valence-electron chi connectivity index (χ1n) is 15.6. The van der Waals surface area contributed by atoms with Crippen molar-refractivity contribution in [1.82, 2.24) is 0 Å². The van der Waals surface area contributed by atoms with E-state index in [0.29, 0.717) is 0 Å². The van der Waals surface area contributed by atoms with Gasteiger partial charge in [-0.25, -0.2) is 0 Å². The Bertz CT molecular complexity index is 2240. The molecule has 0 unspecified atom stereocenters. The molecular formula is C44H31OP. The Balaban J connectivity index is 1.09. The summed E-state index contributed by atoms with van der Waals surface area (Å²) >= 11 is 0. The Morgan fingerprint density at radius 1 is 0.304 bits per heavy atom. The highest BCUT2D eigenvalue weighted by Crippen LogP contribution is 2.43. The van der Waals surface area contributed by atoms with Gasteiger partial charge in [0.15, 0.2) is 7.14 Å². The minimum atomic E-state index is -2.99. The highest BCUT2D eigenvalue weighted by molar-refractivity contribution is 7.85. The summed E-state index contributed by atoms with van der Waals surface area (Å²) in [5.41, 5.74) is 7.08. The zero-order chi connectivity index (χ0) is 30.9. The molecule has 46 heavy (non-hydrogen) atoms. The predicted molar refractivity (Wildman–Crippen MR) is 197 cm³/mol. The van der Waals surface area contributed by atoms with Gasteiger partial charge in [-0.3, -0.25) is 0 Å². The van der Waals surface area contributed by atoms with E-state index in [9.17, 15) is 4.57 Å². The Kier molecular flexibility index (Phi) is 7.18. The molecule has 0 saturated carbocycles. The van der Waals surface area contributed by atoms with Crippen LogP contribution in [0.1, 0.15) is 0 Å². The maximum atomic E-state index is 14.7. The maximum absolute atomic E-state index is 14.7. The van der Waals surface area contributed by atoms with E-state index >= 15 is 0 Å².